The van der Waals surface area contributed by atoms with Crippen molar-refractivity contribution in [3.63, 3.8) is 0 Å². The van der Waals surface area contributed by atoms with Crippen molar-refractivity contribution in [3.05, 3.63) is 44.6 Å². The van der Waals surface area contributed by atoms with Crippen molar-refractivity contribution in [2.45, 2.75) is 6.61 Å². The van der Waals surface area contributed by atoms with E-state index in [-0.39, 0.29) is 0 Å². The minimum Gasteiger partial charge on any atom is -0.488 e. The molecule has 0 unspecified atom stereocenters. The Morgan fingerprint density at radius 3 is 3.05 bits per heavy atom. The first-order valence-electron chi connectivity index (χ1n) is 5.61. The molecule has 1 aliphatic rings. The predicted molar refractivity (Wildman–Crippen MR) is 76.6 cm³/mol. The molecule has 1 aromatic heterocycles. The molecule has 0 atom stereocenters. The van der Waals surface area contributed by atoms with Gasteiger partial charge in [-0.05, 0) is 39.5 Å². The molecule has 1 aliphatic heterocycles. The van der Waals surface area contributed by atoms with Crippen LogP contribution in [0.4, 0.5) is 0 Å². The third-order valence-electron chi connectivity index (χ3n) is 2.81. The average Bonchev–Trinajstić information content (AvgIpc) is 3.01. The summed E-state index contributed by atoms with van der Waals surface area (Å²) in [5.74, 6) is 1.42. The SMILES string of the molecule is O/N=C1\COc2cc(OCc3sccc3Br)ccc21. The van der Waals surface area contributed by atoms with Crippen molar-refractivity contribution in [1.29, 1.82) is 0 Å². The smallest absolute Gasteiger partial charge is 0.134 e. The van der Waals surface area contributed by atoms with Crippen LogP contribution in [-0.2, 0) is 6.61 Å². The molecule has 0 bridgehead atoms. The van der Waals surface area contributed by atoms with Crippen LogP contribution in [0.25, 0.3) is 0 Å². The van der Waals surface area contributed by atoms with Crippen molar-refractivity contribution in [2.24, 2.45) is 5.16 Å². The molecule has 3 rings (SSSR count). The molecule has 0 aliphatic carbocycles. The van der Waals surface area contributed by atoms with Crippen molar-refractivity contribution in [1.82, 2.24) is 0 Å². The van der Waals surface area contributed by atoms with Crippen LogP contribution in [0.1, 0.15) is 10.4 Å². The maximum atomic E-state index is 8.81. The van der Waals surface area contributed by atoms with Gasteiger partial charge in [0.1, 0.15) is 30.4 Å². The summed E-state index contributed by atoms with van der Waals surface area (Å²) < 4.78 is 12.2. The van der Waals surface area contributed by atoms with E-state index < -0.39 is 0 Å². The lowest BCUT2D eigenvalue weighted by Crippen LogP contribution is -2.01. The summed E-state index contributed by atoms with van der Waals surface area (Å²) in [5.41, 5.74) is 1.36. The number of rotatable bonds is 3. The van der Waals surface area contributed by atoms with Gasteiger partial charge in [0.05, 0.1) is 4.88 Å². The molecule has 98 valence electrons. The summed E-state index contributed by atoms with van der Waals surface area (Å²) in [6.07, 6.45) is 0. The fraction of sp³-hybridized carbons (Fsp3) is 0.154. The average molecular weight is 340 g/mol. The summed E-state index contributed by atoms with van der Waals surface area (Å²) in [5, 5.41) is 14.0. The molecule has 0 radical (unpaired) electrons. The van der Waals surface area contributed by atoms with Gasteiger partial charge in [-0.2, -0.15) is 0 Å². The molecular weight excluding hydrogens is 330 g/mol. The van der Waals surface area contributed by atoms with Crippen LogP contribution in [0.5, 0.6) is 11.5 Å². The second kappa shape index (κ2) is 5.22. The number of nitrogens with zero attached hydrogens (tertiary/aromatic N) is 1. The van der Waals surface area contributed by atoms with Gasteiger partial charge in [-0.25, -0.2) is 0 Å². The minimum absolute atomic E-state index is 0.297. The Bertz CT molecular complexity index is 639. The van der Waals surface area contributed by atoms with Crippen LogP contribution in [0.2, 0.25) is 0 Å². The Labute approximate surface area is 122 Å². The highest BCUT2D eigenvalue weighted by Crippen LogP contribution is 2.31. The van der Waals surface area contributed by atoms with Crippen molar-refractivity contribution < 1.29 is 14.7 Å². The zero-order valence-electron chi connectivity index (χ0n) is 9.80. The zero-order chi connectivity index (χ0) is 13.2. The quantitative estimate of drug-likeness (QED) is 0.685. The van der Waals surface area contributed by atoms with Crippen molar-refractivity contribution >= 4 is 33.0 Å². The zero-order valence-corrected chi connectivity index (χ0v) is 12.2. The van der Waals surface area contributed by atoms with E-state index in [0.717, 1.165) is 20.7 Å². The first-order valence-corrected chi connectivity index (χ1v) is 7.28. The molecule has 0 spiro atoms. The number of hydrogen-bond donors (Lipinski definition) is 1. The fourth-order valence-corrected chi connectivity index (χ4v) is 3.21. The first kappa shape index (κ1) is 12.5. The maximum Gasteiger partial charge on any atom is 0.134 e. The molecule has 6 heteroatoms. The molecule has 0 saturated heterocycles. The summed E-state index contributed by atoms with van der Waals surface area (Å²) >= 11 is 5.11. The molecule has 1 aromatic carbocycles. The van der Waals surface area contributed by atoms with Crippen LogP contribution in [0, 0.1) is 0 Å². The van der Waals surface area contributed by atoms with Gasteiger partial charge in [0.2, 0.25) is 0 Å². The van der Waals surface area contributed by atoms with E-state index in [2.05, 4.69) is 21.1 Å². The molecule has 2 heterocycles. The second-order valence-electron chi connectivity index (χ2n) is 3.97. The van der Waals surface area contributed by atoms with Crippen LogP contribution in [0.3, 0.4) is 0 Å². The first-order chi connectivity index (χ1) is 9.28. The standard InChI is InChI=1S/C13H10BrNO3S/c14-10-3-4-19-13(10)7-17-8-1-2-9-11(15-16)6-18-12(9)5-8/h1-5,16H,6-7H2/b15-11+. The van der Waals surface area contributed by atoms with E-state index in [1.54, 1.807) is 11.3 Å². The van der Waals surface area contributed by atoms with Gasteiger partial charge < -0.3 is 14.7 Å². The number of fused-ring (bicyclic) bond motifs is 1. The third-order valence-corrected chi connectivity index (χ3v) is 4.71. The Morgan fingerprint density at radius 2 is 2.32 bits per heavy atom. The number of benzene rings is 1. The van der Waals surface area contributed by atoms with Gasteiger partial charge in [0, 0.05) is 16.1 Å². The Kier molecular flexibility index (Phi) is 3.44. The Morgan fingerprint density at radius 1 is 1.42 bits per heavy atom. The molecule has 4 nitrogen and oxygen atoms in total. The lowest BCUT2D eigenvalue weighted by Gasteiger charge is -2.06. The lowest BCUT2D eigenvalue weighted by atomic mass is 10.1. The number of ether oxygens (including phenoxy) is 2. The summed E-state index contributed by atoms with van der Waals surface area (Å²) in [7, 11) is 0. The predicted octanol–water partition coefficient (Wildman–Crippen LogP) is 3.66. The molecule has 1 N–H and O–H groups in total. The van der Waals surface area contributed by atoms with Crippen LogP contribution < -0.4 is 9.47 Å². The van der Waals surface area contributed by atoms with E-state index in [4.69, 9.17) is 14.7 Å². The normalized spacial score (nSPS) is 15.3. The van der Waals surface area contributed by atoms with Crippen LogP contribution in [-0.4, -0.2) is 17.5 Å². The monoisotopic (exact) mass is 339 g/mol. The molecule has 0 amide bonds. The highest BCUT2D eigenvalue weighted by molar-refractivity contribution is 9.10. The number of thiophene rings is 1. The Hall–Kier alpha value is -1.53. The van der Waals surface area contributed by atoms with Gasteiger partial charge in [-0.3, -0.25) is 0 Å². The van der Waals surface area contributed by atoms with E-state index in [1.807, 2.05) is 29.6 Å². The third kappa shape index (κ3) is 2.46. The van der Waals surface area contributed by atoms with Gasteiger partial charge in [0.25, 0.3) is 0 Å². The van der Waals surface area contributed by atoms with E-state index in [1.165, 1.54) is 0 Å². The summed E-state index contributed by atoms with van der Waals surface area (Å²) in [6.45, 7) is 0.809. The summed E-state index contributed by atoms with van der Waals surface area (Å²) in [6, 6.07) is 7.50. The summed E-state index contributed by atoms with van der Waals surface area (Å²) in [4.78, 5) is 1.14. The molecule has 0 saturated carbocycles. The highest BCUT2D eigenvalue weighted by atomic mass is 79.9. The lowest BCUT2D eigenvalue weighted by molar-refractivity contribution is 0.305. The largest absolute Gasteiger partial charge is 0.488 e. The van der Waals surface area contributed by atoms with Gasteiger partial charge >= 0.3 is 0 Å². The minimum atomic E-state index is 0.297. The molecule has 19 heavy (non-hydrogen) atoms. The van der Waals surface area contributed by atoms with E-state index >= 15 is 0 Å². The molecule has 0 fully saturated rings. The second-order valence-corrected chi connectivity index (χ2v) is 5.83. The van der Waals surface area contributed by atoms with Gasteiger partial charge in [0.15, 0.2) is 0 Å². The number of hydrogen-bond acceptors (Lipinski definition) is 5. The maximum absolute atomic E-state index is 8.81. The van der Waals surface area contributed by atoms with Gasteiger partial charge in [-0.15, -0.1) is 11.3 Å². The molecule has 2 aromatic rings. The van der Waals surface area contributed by atoms with E-state index in [9.17, 15) is 0 Å². The fourth-order valence-electron chi connectivity index (χ4n) is 1.83. The van der Waals surface area contributed by atoms with Gasteiger partial charge in [-0.1, -0.05) is 5.16 Å². The number of halogens is 1. The highest BCUT2D eigenvalue weighted by Gasteiger charge is 2.20. The molecular formula is C13H10BrNO3S. The van der Waals surface area contributed by atoms with Crippen LogP contribution in [0.15, 0.2) is 39.3 Å². The number of oxime groups is 1. The van der Waals surface area contributed by atoms with Crippen molar-refractivity contribution in [3.8, 4) is 11.5 Å². The topological polar surface area (TPSA) is 51.1 Å². The van der Waals surface area contributed by atoms with E-state index in [0.29, 0.717) is 24.7 Å². The van der Waals surface area contributed by atoms with Crippen molar-refractivity contribution in [2.75, 3.05) is 6.61 Å². The van der Waals surface area contributed by atoms with Crippen LogP contribution >= 0.6 is 27.3 Å². The Balaban J connectivity index is 1.75.